The van der Waals surface area contributed by atoms with Crippen LogP contribution in [0.2, 0.25) is 0 Å². The molecule has 0 radical (unpaired) electrons. The van der Waals surface area contributed by atoms with Crippen molar-refractivity contribution in [2.75, 3.05) is 61.9 Å². The zero-order valence-corrected chi connectivity index (χ0v) is 21.0. The molecule has 35 heavy (non-hydrogen) atoms. The van der Waals surface area contributed by atoms with Gasteiger partial charge in [-0.25, -0.2) is 0 Å². The molecule has 0 aliphatic carbocycles. The Hall–Kier alpha value is -3.20. The van der Waals surface area contributed by atoms with E-state index in [1.807, 2.05) is 35.2 Å². The Labute approximate surface area is 210 Å². The predicted octanol–water partition coefficient (Wildman–Crippen LogP) is 3.71. The van der Waals surface area contributed by atoms with Gasteiger partial charge in [0.05, 0.1) is 18.6 Å². The van der Waals surface area contributed by atoms with Crippen LogP contribution in [0.1, 0.15) is 19.3 Å². The van der Waals surface area contributed by atoms with E-state index in [0.717, 1.165) is 67.5 Å². The summed E-state index contributed by atoms with van der Waals surface area (Å²) in [7, 11) is 1.67. The van der Waals surface area contributed by atoms with Crippen molar-refractivity contribution in [3.63, 3.8) is 0 Å². The van der Waals surface area contributed by atoms with Crippen LogP contribution in [0, 0.1) is 0 Å². The molecule has 0 saturated carbocycles. The van der Waals surface area contributed by atoms with Gasteiger partial charge in [-0.3, -0.25) is 9.36 Å². The van der Waals surface area contributed by atoms with E-state index in [4.69, 9.17) is 4.74 Å². The first-order valence-electron chi connectivity index (χ1n) is 12.3. The zero-order chi connectivity index (χ0) is 24.0. The lowest BCUT2D eigenvalue weighted by molar-refractivity contribution is -0.128. The van der Waals surface area contributed by atoms with Crippen molar-refractivity contribution >= 4 is 29.3 Å². The Morgan fingerprint density at radius 1 is 0.829 bits per heavy atom. The summed E-state index contributed by atoms with van der Waals surface area (Å²) in [6, 6.07) is 18.3. The van der Waals surface area contributed by atoms with Gasteiger partial charge in [-0.1, -0.05) is 30.0 Å². The summed E-state index contributed by atoms with van der Waals surface area (Å²) in [4.78, 5) is 19.6. The molecule has 0 N–H and O–H groups in total. The maximum atomic E-state index is 13.1. The Balaban J connectivity index is 1.22. The number of piperidine rings is 1. The number of aromatic nitrogens is 3. The van der Waals surface area contributed by atoms with E-state index in [-0.39, 0.29) is 5.91 Å². The number of para-hydroxylation sites is 1. The van der Waals surface area contributed by atoms with E-state index in [0.29, 0.717) is 5.75 Å². The minimum Gasteiger partial charge on any atom is -0.497 e. The van der Waals surface area contributed by atoms with Crippen molar-refractivity contribution < 1.29 is 9.53 Å². The molecule has 0 bridgehead atoms. The molecule has 2 saturated heterocycles. The molecule has 3 heterocycles. The number of carbonyl (C=O) groups excluding carboxylic acids is 1. The van der Waals surface area contributed by atoms with Gasteiger partial charge < -0.3 is 19.4 Å². The molecule has 1 amide bonds. The lowest BCUT2D eigenvalue weighted by Crippen LogP contribution is -2.49. The molecule has 3 aromatic rings. The van der Waals surface area contributed by atoms with Crippen molar-refractivity contribution in [1.29, 1.82) is 0 Å². The minimum absolute atomic E-state index is 0.145. The Morgan fingerprint density at radius 2 is 1.54 bits per heavy atom. The van der Waals surface area contributed by atoms with Gasteiger partial charge in [-0.05, 0) is 55.7 Å². The molecule has 2 aliphatic rings. The van der Waals surface area contributed by atoms with Crippen LogP contribution in [0.4, 0.5) is 11.6 Å². The van der Waals surface area contributed by atoms with Gasteiger partial charge in [0.25, 0.3) is 0 Å². The topological polar surface area (TPSA) is 66.7 Å². The van der Waals surface area contributed by atoms with Gasteiger partial charge in [-0.15, -0.1) is 10.2 Å². The van der Waals surface area contributed by atoms with E-state index in [1.54, 1.807) is 7.11 Å². The highest BCUT2D eigenvalue weighted by Gasteiger charge is 2.25. The molecule has 2 fully saturated rings. The van der Waals surface area contributed by atoms with E-state index in [1.165, 1.54) is 31.0 Å². The quantitative estimate of drug-likeness (QED) is 0.466. The van der Waals surface area contributed by atoms with Crippen LogP contribution in [0.3, 0.4) is 0 Å². The van der Waals surface area contributed by atoms with Crippen molar-refractivity contribution in [1.82, 2.24) is 19.7 Å². The molecule has 2 aliphatic heterocycles. The molecule has 184 valence electrons. The number of methoxy groups -OCH3 is 1. The predicted molar refractivity (Wildman–Crippen MR) is 140 cm³/mol. The lowest BCUT2D eigenvalue weighted by Gasteiger charge is -2.36. The number of carbonyl (C=O) groups is 1. The van der Waals surface area contributed by atoms with Gasteiger partial charge in [-0.2, -0.15) is 0 Å². The van der Waals surface area contributed by atoms with Crippen LogP contribution < -0.4 is 14.5 Å². The average molecular weight is 493 g/mol. The van der Waals surface area contributed by atoms with Crippen molar-refractivity contribution in [3.05, 3.63) is 54.6 Å². The van der Waals surface area contributed by atoms with Crippen molar-refractivity contribution in [2.24, 2.45) is 0 Å². The summed E-state index contributed by atoms with van der Waals surface area (Å²) >= 11 is 1.47. The molecular formula is C26H32N6O2S. The van der Waals surface area contributed by atoms with Gasteiger partial charge in [0, 0.05) is 45.0 Å². The number of thioether (sulfide) groups is 1. The van der Waals surface area contributed by atoms with Crippen LogP contribution in [0.5, 0.6) is 5.75 Å². The van der Waals surface area contributed by atoms with Crippen molar-refractivity contribution in [2.45, 2.75) is 24.4 Å². The zero-order valence-electron chi connectivity index (χ0n) is 20.2. The number of nitrogens with zero attached hydrogens (tertiary/aromatic N) is 6. The SMILES string of the molecule is COc1ccc(N2CCN(C(=O)CSc3nnc(N4CCCCC4)n3-c3ccccc3)CC2)cc1. The lowest BCUT2D eigenvalue weighted by atomic mass is 10.1. The number of piperazine rings is 1. The molecule has 2 aromatic carbocycles. The summed E-state index contributed by atoms with van der Waals surface area (Å²) in [5.74, 6) is 2.23. The summed E-state index contributed by atoms with van der Waals surface area (Å²) in [5, 5.41) is 9.80. The Bertz CT molecular complexity index is 1110. The fourth-order valence-corrected chi connectivity index (χ4v) is 5.53. The van der Waals surface area contributed by atoms with Crippen molar-refractivity contribution in [3.8, 4) is 11.4 Å². The van der Waals surface area contributed by atoms with Crippen LogP contribution in [0.25, 0.3) is 5.69 Å². The fourth-order valence-electron chi connectivity index (χ4n) is 4.68. The molecule has 5 rings (SSSR count). The first-order chi connectivity index (χ1) is 17.2. The third-order valence-electron chi connectivity index (χ3n) is 6.66. The molecule has 0 spiro atoms. The second-order valence-corrected chi connectivity index (χ2v) is 9.80. The van der Waals surface area contributed by atoms with Gasteiger partial charge in [0.1, 0.15) is 5.75 Å². The Morgan fingerprint density at radius 3 is 2.23 bits per heavy atom. The molecule has 0 unspecified atom stereocenters. The molecule has 8 nitrogen and oxygen atoms in total. The second-order valence-electron chi connectivity index (χ2n) is 8.86. The first-order valence-corrected chi connectivity index (χ1v) is 13.3. The Kier molecular flexibility index (Phi) is 7.42. The smallest absolute Gasteiger partial charge is 0.233 e. The summed E-state index contributed by atoms with van der Waals surface area (Å²) < 4.78 is 7.36. The summed E-state index contributed by atoms with van der Waals surface area (Å²) in [6.45, 7) is 5.07. The molecule has 9 heteroatoms. The number of amides is 1. The second kappa shape index (κ2) is 11.0. The summed E-state index contributed by atoms with van der Waals surface area (Å²) in [6.07, 6.45) is 3.61. The number of rotatable bonds is 7. The van der Waals surface area contributed by atoms with Crippen LogP contribution >= 0.6 is 11.8 Å². The normalized spacial score (nSPS) is 16.4. The van der Waals surface area contributed by atoms with Crippen LogP contribution in [-0.4, -0.2) is 77.7 Å². The van der Waals surface area contributed by atoms with Crippen LogP contribution in [-0.2, 0) is 4.79 Å². The number of anilines is 2. The third kappa shape index (κ3) is 5.40. The minimum atomic E-state index is 0.145. The standard InChI is InChI=1S/C26H32N6O2S/c1-34-23-12-10-21(11-13-23)29-16-18-30(19-17-29)24(33)20-35-26-28-27-25(31-14-6-3-7-15-31)32(26)22-8-4-2-5-9-22/h2,4-5,8-13H,3,6-7,14-20H2,1H3. The number of hydrogen-bond donors (Lipinski definition) is 0. The van der Waals surface area contributed by atoms with Gasteiger partial charge in [0.2, 0.25) is 11.9 Å². The van der Waals surface area contributed by atoms with Gasteiger partial charge in [0.15, 0.2) is 5.16 Å². The van der Waals surface area contributed by atoms with E-state index >= 15 is 0 Å². The molecule has 0 atom stereocenters. The fraction of sp³-hybridized carbons (Fsp3) is 0.423. The third-order valence-corrected chi connectivity index (χ3v) is 7.58. The van der Waals surface area contributed by atoms with E-state index < -0.39 is 0 Å². The first kappa shape index (κ1) is 23.5. The number of hydrogen-bond acceptors (Lipinski definition) is 7. The average Bonchev–Trinajstić information content (AvgIpc) is 3.37. The van der Waals surface area contributed by atoms with E-state index in [9.17, 15) is 4.79 Å². The molecular weight excluding hydrogens is 460 g/mol. The maximum Gasteiger partial charge on any atom is 0.233 e. The number of ether oxygens (including phenoxy) is 1. The molecule has 1 aromatic heterocycles. The van der Waals surface area contributed by atoms with Crippen LogP contribution in [0.15, 0.2) is 59.8 Å². The monoisotopic (exact) mass is 492 g/mol. The largest absolute Gasteiger partial charge is 0.497 e. The highest BCUT2D eigenvalue weighted by molar-refractivity contribution is 7.99. The maximum absolute atomic E-state index is 13.1. The van der Waals surface area contributed by atoms with E-state index in [2.05, 4.69) is 48.8 Å². The summed E-state index contributed by atoms with van der Waals surface area (Å²) in [5.41, 5.74) is 2.19. The van der Waals surface area contributed by atoms with Gasteiger partial charge >= 0.3 is 0 Å². The highest BCUT2D eigenvalue weighted by atomic mass is 32.2. The highest BCUT2D eigenvalue weighted by Crippen LogP contribution is 2.29. The number of benzene rings is 2.